The van der Waals surface area contributed by atoms with Crippen molar-refractivity contribution in [3.8, 4) is 11.5 Å². The van der Waals surface area contributed by atoms with Gasteiger partial charge in [0.2, 0.25) is 5.66 Å². The molecule has 0 unspecified atom stereocenters. The van der Waals surface area contributed by atoms with Crippen molar-refractivity contribution in [2.75, 3.05) is 19.8 Å². The zero-order chi connectivity index (χ0) is 21.8. The summed E-state index contributed by atoms with van der Waals surface area (Å²) < 4.78 is 50.4. The third kappa shape index (κ3) is 4.68. The number of hydrogen-bond donors (Lipinski definition) is 3. The van der Waals surface area contributed by atoms with Crippen LogP contribution in [-0.2, 0) is 12.1 Å². The van der Waals surface area contributed by atoms with Gasteiger partial charge in [0.1, 0.15) is 0 Å². The highest BCUT2D eigenvalue weighted by Crippen LogP contribution is 2.42. The number of hydrazine groups is 1. The van der Waals surface area contributed by atoms with Crippen LogP contribution >= 0.6 is 0 Å². The van der Waals surface area contributed by atoms with Gasteiger partial charge in [-0.2, -0.15) is 13.2 Å². The van der Waals surface area contributed by atoms with Crippen LogP contribution in [0.5, 0.6) is 11.5 Å². The van der Waals surface area contributed by atoms with Gasteiger partial charge in [0.25, 0.3) is 5.91 Å². The van der Waals surface area contributed by atoms with E-state index in [1.807, 2.05) is 32.0 Å². The van der Waals surface area contributed by atoms with Crippen molar-refractivity contribution in [2.45, 2.75) is 32.1 Å². The number of ether oxygens (including phenoxy) is 2. The molecule has 6 nitrogen and oxygen atoms in total. The largest absolute Gasteiger partial charge is 0.490 e. The normalized spacial score (nSPS) is 14.8. The predicted molar refractivity (Wildman–Crippen MR) is 105 cm³/mol. The minimum absolute atomic E-state index is 0.00407. The molecule has 0 atom stereocenters. The second kappa shape index (κ2) is 8.93. The molecule has 0 bridgehead atoms. The summed E-state index contributed by atoms with van der Waals surface area (Å²) in [7, 11) is 0. The first kappa shape index (κ1) is 21.9. The van der Waals surface area contributed by atoms with Gasteiger partial charge in [-0.1, -0.05) is 18.2 Å². The third-order valence-electron chi connectivity index (χ3n) is 4.69. The van der Waals surface area contributed by atoms with E-state index in [0.29, 0.717) is 43.2 Å². The first-order valence-electron chi connectivity index (χ1n) is 9.69. The van der Waals surface area contributed by atoms with Gasteiger partial charge in [-0.3, -0.25) is 4.79 Å². The van der Waals surface area contributed by atoms with Crippen molar-refractivity contribution in [1.29, 1.82) is 0 Å². The summed E-state index contributed by atoms with van der Waals surface area (Å²) in [6.45, 7) is 5.20. The molecule has 162 valence electrons. The maximum absolute atomic E-state index is 13.1. The Balaban J connectivity index is 1.57. The number of halogens is 3. The van der Waals surface area contributed by atoms with Crippen molar-refractivity contribution in [3.63, 3.8) is 0 Å². The van der Waals surface area contributed by atoms with Gasteiger partial charge in [-0.05, 0) is 55.7 Å². The fourth-order valence-corrected chi connectivity index (χ4v) is 3.06. The summed E-state index contributed by atoms with van der Waals surface area (Å²) in [6.07, 6.45) is -3.91. The Morgan fingerprint density at radius 1 is 1.00 bits per heavy atom. The number of hydrogen-bond acceptors (Lipinski definition) is 5. The zero-order valence-corrected chi connectivity index (χ0v) is 16.7. The highest BCUT2D eigenvalue weighted by atomic mass is 19.4. The summed E-state index contributed by atoms with van der Waals surface area (Å²) >= 11 is 0. The van der Waals surface area contributed by atoms with E-state index < -0.39 is 11.8 Å². The minimum Gasteiger partial charge on any atom is -0.490 e. The molecule has 2 aromatic rings. The summed E-state index contributed by atoms with van der Waals surface area (Å²) in [5.74, 6) is 0.971. The maximum Gasteiger partial charge on any atom is 0.426 e. The van der Waals surface area contributed by atoms with Crippen LogP contribution in [0.25, 0.3) is 0 Å². The van der Waals surface area contributed by atoms with E-state index in [2.05, 4.69) is 16.2 Å². The molecule has 0 radical (unpaired) electrons. The third-order valence-corrected chi connectivity index (χ3v) is 4.69. The van der Waals surface area contributed by atoms with Gasteiger partial charge in [-0.25, -0.2) is 10.9 Å². The Morgan fingerprint density at radius 2 is 1.63 bits per heavy atom. The Hall–Kier alpha value is -2.78. The predicted octanol–water partition coefficient (Wildman–Crippen LogP) is 3.28. The molecule has 1 saturated heterocycles. The average Bonchev–Trinajstić information content (AvgIpc) is 3.52. The topological polar surface area (TPSA) is 91.4 Å². The SMILES string of the molecule is CCOc1ccc(CCNC(=O)c2ccc(C3(C(F)(F)F)NN3)cc2)cc1OCC. The molecule has 2 aromatic carbocycles. The van der Waals surface area contributed by atoms with Crippen LogP contribution in [0.1, 0.15) is 35.3 Å². The number of carbonyl (C=O) groups is 1. The second-order valence-electron chi connectivity index (χ2n) is 6.73. The molecule has 0 aromatic heterocycles. The zero-order valence-electron chi connectivity index (χ0n) is 16.7. The van der Waals surface area contributed by atoms with Gasteiger partial charge in [-0.15, -0.1) is 0 Å². The number of alkyl halides is 3. The number of nitrogens with one attached hydrogen (secondary N) is 3. The van der Waals surface area contributed by atoms with Crippen LogP contribution < -0.4 is 25.6 Å². The lowest BCUT2D eigenvalue weighted by Gasteiger charge is -2.16. The Kier molecular flexibility index (Phi) is 6.52. The van der Waals surface area contributed by atoms with Gasteiger partial charge in [0.05, 0.1) is 13.2 Å². The number of amides is 1. The molecule has 0 saturated carbocycles. The molecule has 1 amide bonds. The van der Waals surface area contributed by atoms with E-state index in [0.717, 1.165) is 5.56 Å². The van der Waals surface area contributed by atoms with Crippen LogP contribution in [0.15, 0.2) is 42.5 Å². The van der Waals surface area contributed by atoms with Crippen molar-refractivity contribution in [3.05, 3.63) is 59.2 Å². The van der Waals surface area contributed by atoms with Gasteiger partial charge in [0, 0.05) is 12.1 Å². The van der Waals surface area contributed by atoms with E-state index in [4.69, 9.17) is 9.47 Å². The highest BCUT2D eigenvalue weighted by molar-refractivity contribution is 5.94. The van der Waals surface area contributed by atoms with E-state index in [1.165, 1.54) is 24.3 Å². The molecular formula is C21H24F3N3O3. The molecule has 9 heteroatoms. The van der Waals surface area contributed by atoms with E-state index in [1.54, 1.807) is 0 Å². The molecule has 3 rings (SSSR count). The molecule has 1 aliphatic heterocycles. The van der Waals surface area contributed by atoms with Gasteiger partial charge < -0.3 is 14.8 Å². The van der Waals surface area contributed by atoms with E-state index in [9.17, 15) is 18.0 Å². The van der Waals surface area contributed by atoms with Gasteiger partial charge >= 0.3 is 6.18 Å². The number of carbonyl (C=O) groups excluding carboxylic acids is 1. The second-order valence-corrected chi connectivity index (χ2v) is 6.73. The molecule has 1 aliphatic rings. The first-order valence-corrected chi connectivity index (χ1v) is 9.69. The number of benzene rings is 2. The van der Waals surface area contributed by atoms with Crippen LogP contribution in [-0.4, -0.2) is 31.8 Å². The van der Waals surface area contributed by atoms with Crippen LogP contribution in [0.2, 0.25) is 0 Å². The molecule has 30 heavy (non-hydrogen) atoms. The van der Waals surface area contributed by atoms with Crippen molar-refractivity contribution in [2.24, 2.45) is 0 Å². The highest BCUT2D eigenvalue weighted by Gasteiger charge is 2.65. The summed E-state index contributed by atoms with van der Waals surface area (Å²) in [5.41, 5.74) is 3.31. The van der Waals surface area contributed by atoms with Crippen LogP contribution in [0.4, 0.5) is 13.2 Å². The van der Waals surface area contributed by atoms with E-state index >= 15 is 0 Å². The molecular weight excluding hydrogens is 399 g/mol. The molecule has 1 fully saturated rings. The van der Waals surface area contributed by atoms with Crippen molar-refractivity contribution in [1.82, 2.24) is 16.2 Å². The molecule has 1 heterocycles. The monoisotopic (exact) mass is 423 g/mol. The van der Waals surface area contributed by atoms with Crippen molar-refractivity contribution >= 4 is 5.91 Å². The summed E-state index contributed by atoms with van der Waals surface area (Å²) in [6, 6.07) is 10.9. The summed E-state index contributed by atoms with van der Waals surface area (Å²) in [5, 5.41) is 2.78. The molecule has 0 aliphatic carbocycles. The fraction of sp³-hybridized carbons (Fsp3) is 0.381. The average molecular weight is 423 g/mol. The smallest absolute Gasteiger partial charge is 0.426 e. The first-order chi connectivity index (χ1) is 14.3. The lowest BCUT2D eigenvalue weighted by Crippen LogP contribution is -2.35. The van der Waals surface area contributed by atoms with Crippen molar-refractivity contribution < 1.29 is 27.4 Å². The Morgan fingerprint density at radius 3 is 2.20 bits per heavy atom. The molecule has 0 spiro atoms. The molecule has 3 N–H and O–H groups in total. The van der Waals surface area contributed by atoms with Crippen LogP contribution in [0.3, 0.4) is 0 Å². The lowest BCUT2D eigenvalue weighted by molar-refractivity contribution is -0.165. The van der Waals surface area contributed by atoms with Gasteiger partial charge in [0.15, 0.2) is 11.5 Å². The fourth-order valence-electron chi connectivity index (χ4n) is 3.06. The minimum atomic E-state index is -4.48. The lowest BCUT2D eigenvalue weighted by atomic mass is 10.0. The standard InChI is InChI=1S/C21H24F3N3O3/c1-3-29-17-10-5-14(13-18(17)30-4-2)11-12-25-19(28)15-6-8-16(9-7-15)20(26-27-20)21(22,23)24/h5-10,13,26-27H,3-4,11-12H2,1-2H3,(H,25,28). The quantitative estimate of drug-likeness (QED) is 0.539. The Labute approximate surface area is 172 Å². The number of rotatable bonds is 9. The Bertz CT molecular complexity index is 881. The van der Waals surface area contributed by atoms with E-state index in [-0.39, 0.29) is 11.5 Å². The van der Waals surface area contributed by atoms with Crippen LogP contribution in [0, 0.1) is 0 Å². The maximum atomic E-state index is 13.1. The summed E-state index contributed by atoms with van der Waals surface area (Å²) in [4.78, 5) is 12.3.